The lowest BCUT2D eigenvalue weighted by Gasteiger charge is -2.04. The van der Waals surface area contributed by atoms with E-state index in [1.54, 1.807) is 0 Å². The molecule has 0 bridgehead atoms. The second-order valence-corrected chi connectivity index (χ2v) is 2.53. The van der Waals surface area contributed by atoms with Gasteiger partial charge in [-0.15, -0.1) is 0 Å². The van der Waals surface area contributed by atoms with Crippen LogP contribution in [-0.4, -0.2) is 42.1 Å². The largest absolute Gasteiger partial charge is 0.453 e. The zero-order chi connectivity index (χ0) is 10.3. The predicted octanol–water partition coefficient (Wildman–Crippen LogP) is -2.29. The molecule has 4 N–H and O–H groups in total. The van der Waals surface area contributed by atoms with Crippen molar-refractivity contribution in [2.24, 2.45) is 0 Å². The van der Waals surface area contributed by atoms with Gasteiger partial charge in [0.1, 0.15) is 0 Å². The highest BCUT2D eigenvalue weighted by Gasteiger charge is 2.07. The molecule has 0 unspecified atom stereocenters. The molecule has 13 heavy (non-hydrogen) atoms. The molecule has 7 heteroatoms. The van der Waals surface area contributed by atoms with Crippen LogP contribution < -0.4 is 10.6 Å². The highest BCUT2D eigenvalue weighted by Crippen LogP contribution is 1.79. The highest BCUT2D eigenvalue weighted by molar-refractivity contribution is 6.41. The molecule has 0 spiro atoms. The van der Waals surface area contributed by atoms with Gasteiger partial charge in [-0.2, -0.15) is 0 Å². The topological polar surface area (TPSA) is 98.7 Å². The van der Waals surface area contributed by atoms with Gasteiger partial charge in [0.15, 0.2) is 0 Å². The van der Waals surface area contributed by atoms with Crippen LogP contribution in [0.3, 0.4) is 0 Å². The van der Waals surface area contributed by atoms with Crippen LogP contribution >= 0.6 is 0 Å². The minimum absolute atomic E-state index is 0.0752. The maximum atomic E-state index is 10.8. The van der Waals surface area contributed by atoms with Crippen molar-refractivity contribution >= 4 is 18.9 Å². The van der Waals surface area contributed by atoms with E-state index in [-0.39, 0.29) is 31.2 Å². The summed E-state index contributed by atoms with van der Waals surface area (Å²) in [6.45, 7) is 1.40. The molecule has 0 aliphatic rings. The number of carbonyl (C=O) groups is 2. The minimum Gasteiger partial charge on any atom is -0.427 e. The van der Waals surface area contributed by atoms with Gasteiger partial charge in [0.05, 0.1) is 6.54 Å². The van der Waals surface area contributed by atoms with Crippen LogP contribution in [0.2, 0.25) is 6.32 Å². The molecule has 0 aromatic rings. The van der Waals surface area contributed by atoms with E-state index in [4.69, 9.17) is 10.0 Å². The second kappa shape index (κ2) is 6.44. The van der Waals surface area contributed by atoms with Gasteiger partial charge in [0, 0.05) is 13.5 Å². The van der Waals surface area contributed by atoms with Crippen LogP contribution in [0, 0.1) is 0 Å². The molecule has 0 radical (unpaired) electrons. The molecule has 0 atom stereocenters. The first-order valence-electron chi connectivity index (χ1n) is 3.89. The van der Waals surface area contributed by atoms with Gasteiger partial charge >= 0.3 is 7.12 Å². The van der Waals surface area contributed by atoms with Crippen molar-refractivity contribution < 1.29 is 19.6 Å². The third-order valence-electron chi connectivity index (χ3n) is 1.22. The molecular formula is C6H13BN2O4. The lowest BCUT2D eigenvalue weighted by atomic mass is 9.87. The molecule has 0 saturated carbocycles. The van der Waals surface area contributed by atoms with Gasteiger partial charge in [0.2, 0.25) is 11.8 Å². The minimum atomic E-state index is -1.42. The number of nitrogens with one attached hydrogen (secondary N) is 2. The van der Waals surface area contributed by atoms with Crippen molar-refractivity contribution in [3.8, 4) is 0 Å². The third-order valence-corrected chi connectivity index (χ3v) is 1.22. The maximum absolute atomic E-state index is 10.8. The summed E-state index contributed by atoms with van der Waals surface area (Å²) in [7, 11) is -1.42. The molecular weight excluding hydrogens is 175 g/mol. The summed E-state index contributed by atoms with van der Waals surface area (Å²) in [5, 5.41) is 21.5. The van der Waals surface area contributed by atoms with Gasteiger partial charge in [-0.1, -0.05) is 0 Å². The lowest BCUT2D eigenvalue weighted by Crippen LogP contribution is -2.37. The average molecular weight is 188 g/mol. The zero-order valence-electron chi connectivity index (χ0n) is 7.41. The van der Waals surface area contributed by atoms with Crippen molar-refractivity contribution in [3.63, 3.8) is 0 Å². The highest BCUT2D eigenvalue weighted by atomic mass is 16.4. The summed E-state index contributed by atoms with van der Waals surface area (Å²) in [5.74, 6) is -0.631. The van der Waals surface area contributed by atoms with Crippen LogP contribution in [-0.2, 0) is 9.59 Å². The van der Waals surface area contributed by atoms with Crippen LogP contribution in [0.15, 0.2) is 0 Å². The van der Waals surface area contributed by atoms with E-state index in [9.17, 15) is 9.59 Å². The van der Waals surface area contributed by atoms with Crippen molar-refractivity contribution in [3.05, 3.63) is 0 Å². The summed E-state index contributed by atoms with van der Waals surface area (Å²) in [4.78, 5) is 21.2. The fourth-order valence-corrected chi connectivity index (χ4v) is 0.608. The fourth-order valence-electron chi connectivity index (χ4n) is 0.608. The van der Waals surface area contributed by atoms with Crippen LogP contribution in [0.5, 0.6) is 0 Å². The first kappa shape index (κ1) is 11.9. The molecule has 0 rings (SSSR count). The zero-order valence-corrected chi connectivity index (χ0v) is 7.41. The Morgan fingerprint density at radius 1 is 1.31 bits per heavy atom. The number of hydrogen-bond acceptors (Lipinski definition) is 4. The van der Waals surface area contributed by atoms with Crippen molar-refractivity contribution in [1.29, 1.82) is 0 Å². The second-order valence-electron chi connectivity index (χ2n) is 2.53. The van der Waals surface area contributed by atoms with E-state index >= 15 is 0 Å². The molecule has 0 saturated heterocycles. The molecule has 0 aromatic heterocycles. The Labute approximate surface area is 76.5 Å². The molecule has 0 aromatic carbocycles. The van der Waals surface area contributed by atoms with Crippen LogP contribution in [0.4, 0.5) is 0 Å². The fraction of sp³-hybridized carbons (Fsp3) is 0.667. The predicted molar refractivity (Wildman–Crippen MR) is 46.7 cm³/mol. The van der Waals surface area contributed by atoms with Gasteiger partial charge < -0.3 is 20.7 Å². The quantitative estimate of drug-likeness (QED) is 0.365. The molecule has 6 nitrogen and oxygen atoms in total. The monoisotopic (exact) mass is 188 g/mol. The van der Waals surface area contributed by atoms with Crippen LogP contribution in [0.1, 0.15) is 6.92 Å². The van der Waals surface area contributed by atoms with Crippen molar-refractivity contribution in [1.82, 2.24) is 10.6 Å². The lowest BCUT2D eigenvalue weighted by molar-refractivity contribution is -0.124. The molecule has 0 aliphatic carbocycles. The Bertz CT molecular complexity index is 185. The van der Waals surface area contributed by atoms with Crippen LogP contribution in [0.25, 0.3) is 0 Å². The van der Waals surface area contributed by atoms with E-state index in [0.29, 0.717) is 0 Å². The summed E-state index contributed by atoms with van der Waals surface area (Å²) >= 11 is 0. The van der Waals surface area contributed by atoms with E-state index in [1.807, 2.05) is 0 Å². The molecule has 0 heterocycles. The van der Waals surface area contributed by atoms with E-state index in [1.165, 1.54) is 6.92 Å². The van der Waals surface area contributed by atoms with Gasteiger partial charge in [-0.05, 0) is 6.32 Å². The smallest absolute Gasteiger partial charge is 0.427 e. The molecule has 0 aliphatic heterocycles. The first-order valence-corrected chi connectivity index (χ1v) is 3.89. The standard InChI is InChI=1S/C6H13BN2O4/c1-5(10)9-4-6(11)8-3-2-7(12)13/h12-13H,2-4H2,1H3,(H,8,11)(H,9,10). The summed E-state index contributed by atoms with van der Waals surface area (Å²) < 4.78 is 0. The normalized spacial score (nSPS) is 9.15. The number of hydrogen-bond donors (Lipinski definition) is 4. The van der Waals surface area contributed by atoms with Gasteiger partial charge in [-0.3, -0.25) is 9.59 Å². The first-order chi connectivity index (χ1) is 6.02. The third kappa shape index (κ3) is 8.83. The number of amides is 2. The number of rotatable bonds is 5. The number of carbonyl (C=O) groups excluding carboxylic acids is 2. The Hall–Kier alpha value is -1.08. The summed E-state index contributed by atoms with van der Waals surface area (Å²) in [5.41, 5.74) is 0. The molecule has 0 fully saturated rings. The SMILES string of the molecule is CC(=O)NCC(=O)NCCB(O)O. The molecule has 74 valence electrons. The van der Waals surface area contributed by atoms with E-state index in [2.05, 4.69) is 10.6 Å². The Morgan fingerprint density at radius 3 is 2.38 bits per heavy atom. The Kier molecular flexibility index (Phi) is 5.91. The summed E-state index contributed by atoms with van der Waals surface area (Å²) in [6.07, 6.45) is 0.0752. The van der Waals surface area contributed by atoms with E-state index < -0.39 is 7.12 Å². The van der Waals surface area contributed by atoms with Gasteiger partial charge in [-0.25, -0.2) is 0 Å². The molecule has 2 amide bonds. The van der Waals surface area contributed by atoms with E-state index in [0.717, 1.165) is 0 Å². The van der Waals surface area contributed by atoms with Crippen molar-refractivity contribution in [2.45, 2.75) is 13.2 Å². The summed E-state index contributed by atoms with van der Waals surface area (Å²) in [6, 6.07) is 0. The average Bonchev–Trinajstić information content (AvgIpc) is 2.00. The van der Waals surface area contributed by atoms with Gasteiger partial charge in [0.25, 0.3) is 0 Å². The van der Waals surface area contributed by atoms with Crippen molar-refractivity contribution in [2.75, 3.05) is 13.1 Å². The Balaban J connectivity index is 3.36. The Morgan fingerprint density at radius 2 is 1.92 bits per heavy atom. The maximum Gasteiger partial charge on any atom is 0.453 e.